The van der Waals surface area contributed by atoms with Crippen molar-refractivity contribution in [1.29, 1.82) is 0 Å². The molecule has 2 fully saturated rings. The van der Waals surface area contributed by atoms with E-state index < -0.39 is 23.8 Å². The van der Waals surface area contributed by atoms with Crippen LogP contribution in [0.1, 0.15) is 32.7 Å². The Hall–Kier alpha value is -3.13. The molecule has 2 aromatic rings. The predicted molar refractivity (Wildman–Crippen MR) is 126 cm³/mol. The van der Waals surface area contributed by atoms with Crippen LogP contribution in [0, 0.1) is 9.39 Å². The first kappa shape index (κ1) is 22.7. The molecule has 0 aliphatic carbocycles. The lowest BCUT2D eigenvalue weighted by Crippen LogP contribution is -2.58. The number of piperazine rings is 1. The molecular formula is C22H20FIN6O4. The largest absolute Gasteiger partial charge is 0.352 e. The van der Waals surface area contributed by atoms with Gasteiger partial charge in [0, 0.05) is 45.3 Å². The highest BCUT2D eigenvalue weighted by Crippen LogP contribution is 2.27. The van der Waals surface area contributed by atoms with Crippen LogP contribution in [0.15, 0.2) is 30.5 Å². The first-order chi connectivity index (χ1) is 16.3. The molecule has 0 atom stereocenters. The molecule has 1 aromatic heterocycles. The summed E-state index contributed by atoms with van der Waals surface area (Å²) in [4.78, 5) is 57.6. The zero-order chi connectivity index (χ0) is 24.0. The molecule has 5 rings (SSSR count). The van der Waals surface area contributed by atoms with E-state index in [0.29, 0.717) is 42.1 Å². The maximum absolute atomic E-state index is 14.4. The molecule has 34 heavy (non-hydrogen) atoms. The van der Waals surface area contributed by atoms with Crippen LogP contribution in [0.2, 0.25) is 0 Å². The Bertz CT molecular complexity index is 1220. The van der Waals surface area contributed by atoms with Crippen molar-refractivity contribution in [3.63, 3.8) is 0 Å². The third-order valence-electron chi connectivity index (χ3n) is 6.10. The van der Waals surface area contributed by atoms with Crippen LogP contribution in [0.25, 0.3) is 0 Å². The first-order valence-corrected chi connectivity index (χ1v) is 11.8. The number of hydrazine groups is 1. The molecule has 12 heteroatoms. The van der Waals surface area contributed by atoms with E-state index in [2.05, 4.69) is 15.2 Å². The topological polar surface area (TPSA) is 106 Å². The number of urea groups is 1. The summed E-state index contributed by atoms with van der Waals surface area (Å²) in [6.45, 7) is 3.12. The van der Waals surface area contributed by atoms with E-state index in [4.69, 9.17) is 0 Å². The maximum atomic E-state index is 14.4. The van der Waals surface area contributed by atoms with Gasteiger partial charge in [-0.05, 0) is 46.4 Å². The molecule has 4 heterocycles. The number of amides is 5. The molecular weight excluding hydrogens is 558 g/mol. The van der Waals surface area contributed by atoms with E-state index in [0.717, 1.165) is 15.6 Å². The molecule has 176 valence electrons. The van der Waals surface area contributed by atoms with Crippen molar-refractivity contribution in [3.8, 4) is 0 Å². The summed E-state index contributed by atoms with van der Waals surface area (Å²) < 4.78 is 14.9. The molecule has 2 saturated heterocycles. The summed E-state index contributed by atoms with van der Waals surface area (Å²) in [6.07, 6.45) is 1.61. The normalized spacial score (nSPS) is 19.1. The summed E-state index contributed by atoms with van der Waals surface area (Å²) in [5.74, 6) is -1.57. The first-order valence-electron chi connectivity index (χ1n) is 10.7. The van der Waals surface area contributed by atoms with E-state index >= 15 is 0 Å². The van der Waals surface area contributed by atoms with Gasteiger partial charge in [-0.1, -0.05) is 6.07 Å². The van der Waals surface area contributed by atoms with Crippen molar-refractivity contribution in [1.82, 2.24) is 25.2 Å². The molecule has 1 aromatic carbocycles. The fraction of sp³-hybridized carbons (Fsp3) is 0.318. The molecule has 0 bridgehead atoms. The van der Waals surface area contributed by atoms with Gasteiger partial charge in [0.15, 0.2) is 11.6 Å². The van der Waals surface area contributed by atoms with E-state index in [1.165, 1.54) is 0 Å². The molecule has 0 saturated carbocycles. The van der Waals surface area contributed by atoms with Crippen LogP contribution in [-0.4, -0.2) is 76.4 Å². The van der Waals surface area contributed by atoms with Gasteiger partial charge in [-0.25, -0.2) is 19.2 Å². The van der Waals surface area contributed by atoms with Crippen LogP contribution in [0.5, 0.6) is 0 Å². The SMILES string of the molecule is O=C1CCN(N2C(=O)c3ccc(CN4CCN(c5nccc(I)c5F)CC4)cc3C2=O)C(=O)N1. The van der Waals surface area contributed by atoms with Crippen molar-refractivity contribution in [3.05, 3.63) is 56.5 Å². The number of hydrogen-bond donors (Lipinski definition) is 1. The number of nitrogens with one attached hydrogen (secondary N) is 1. The number of rotatable bonds is 4. The van der Waals surface area contributed by atoms with E-state index in [-0.39, 0.29) is 29.9 Å². The van der Waals surface area contributed by atoms with Gasteiger partial charge in [-0.3, -0.25) is 24.6 Å². The van der Waals surface area contributed by atoms with Crippen LogP contribution in [0.4, 0.5) is 15.0 Å². The lowest BCUT2D eigenvalue weighted by molar-refractivity contribution is -0.122. The zero-order valence-corrected chi connectivity index (χ0v) is 20.1. The van der Waals surface area contributed by atoms with Crippen LogP contribution >= 0.6 is 22.6 Å². The summed E-state index contributed by atoms with van der Waals surface area (Å²) >= 11 is 1.95. The highest BCUT2D eigenvalue weighted by atomic mass is 127. The van der Waals surface area contributed by atoms with Crippen molar-refractivity contribution < 1.29 is 23.6 Å². The number of carbonyl (C=O) groups excluding carboxylic acids is 4. The Labute approximate surface area is 207 Å². The molecule has 10 nitrogen and oxygen atoms in total. The molecule has 1 N–H and O–H groups in total. The van der Waals surface area contributed by atoms with Crippen molar-refractivity contribution in [2.45, 2.75) is 13.0 Å². The Morgan fingerprint density at radius 2 is 1.71 bits per heavy atom. The molecule has 3 aliphatic rings. The van der Waals surface area contributed by atoms with Gasteiger partial charge >= 0.3 is 6.03 Å². The summed E-state index contributed by atoms with van der Waals surface area (Å²) in [5, 5.41) is 3.90. The lowest BCUT2D eigenvalue weighted by Gasteiger charge is -2.35. The number of anilines is 1. The van der Waals surface area contributed by atoms with Crippen LogP contribution in [0.3, 0.4) is 0 Å². The average Bonchev–Trinajstić information content (AvgIpc) is 3.06. The standard InChI is InChI=1S/C22H20FIN6O4/c23-18-16(24)3-5-25-19(18)28-9-7-27(8-10-28)12-13-1-2-14-15(11-13)21(33)30(20(14)32)29-6-4-17(31)26-22(29)34/h1-3,5,11H,4,6-10,12H2,(H,26,31,34). The second kappa shape index (κ2) is 8.91. The number of pyridine rings is 1. The Balaban J connectivity index is 1.26. The zero-order valence-electron chi connectivity index (χ0n) is 18.0. The second-order valence-electron chi connectivity index (χ2n) is 8.22. The quantitative estimate of drug-likeness (QED) is 0.434. The van der Waals surface area contributed by atoms with Gasteiger partial charge in [-0.2, -0.15) is 5.01 Å². The smallest absolute Gasteiger partial charge is 0.343 e. The highest BCUT2D eigenvalue weighted by molar-refractivity contribution is 14.1. The number of fused-ring (bicyclic) bond motifs is 1. The fourth-order valence-corrected chi connectivity index (χ4v) is 4.75. The number of halogens is 2. The van der Waals surface area contributed by atoms with E-state index in [1.54, 1.807) is 30.5 Å². The van der Waals surface area contributed by atoms with Crippen LogP contribution < -0.4 is 10.2 Å². The number of carbonyl (C=O) groups is 4. The average molecular weight is 578 g/mol. The minimum Gasteiger partial charge on any atom is -0.352 e. The summed E-state index contributed by atoms with van der Waals surface area (Å²) in [5.41, 5.74) is 1.31. The van der Waals surface area contributed by atoms with Gasteiger partial charge in [-0.15, -0.1) is 0 Å². The fourth-order valence-electron chi connectivity index (χ4n) is 4.35. The van der Waals surface area contributed by atoms with Gasteiger partial charge < -0.3 is 4.90 Å². The number of imide groups is 2. The molecule has 0 spiro atoms. The summed E-state index contributed by atoms with van der Waals surface area (Å²) in [7, 11) is 0. The number of aromatic nitrogens is 1. The second-order valence-corrected chi connectivity index (χ2v) is 9.38. The summed E-state index contributed by atoms with van der Waals surface area (Å²) in [6, 6.07) is 5.91. The van der Waals surface area contributed by atoms with Gasteiger partial charge in [0.05, 0.1) is 21.2 Å². The Morgan fingerprint density at radius 3 is 2.44 bits per heavy atom. The lowest BCUT2D eigenvalue weighted by atomic mass is 10.1. The van der Waals surface area contributed by atoms with Crippen molar-refractivity contribution in [2.24, 2.45) is 0 Å². The minimum atomic E-state index is -0.789. The maximum Gasteiger partial charge on any atom is 0.343 e. The van der Waals surface area contributed by atoms with E-state index in [1.807, 2.05) is 27.5 Å². The molecule has 0 unspecified atom stereocenters. The third-order valence-corrected chi connectivity index (χ3v) is 6.94. The number of hydrogen-bond acceptors (Lipinski definition) is 7. The van der Waals surface area contributed by atoms with Crippen LogP contribution in [-0.2, 0) is 11.3 Å². The monoisotopic (exact) mass is 578 g/mol. The predicted octanol–water partition coefficient (Wildman–Crippen LogP) is 1.60. The third kappa shape index (κ3) is 4.00. The van der Waals surface area contributed by atoms with Gasteiger partial charge in [0.25, 0.3) is 11.8 Å². The van der Waals surface area contributed by atoms with Gasteiger partial charge in [0.2, 0.25) is 5.91 Å². The minimum absolute atomic E-state index is 0.0118. The van der Waals surface area contributed by atoms with Crippen molar-refractivity contribution >= 4 is 52.2 Å². The van der Waals surface area contributed by atoms with Crippen molar-refractivity contribution in [2.75, 3.05) is 37.6 Å². The molecule has 3 aliphatic heterocycles. The molecule has 5 amide bonds. The number of benzene rings is 1. The van der Waals surface area contributed by atoms with Gasteiger partial charge in [0.1, 0.15) is 0 Å². The molecule has 0 radical (unpaired) electrons. The highest BCUT2D eigenvalue weighted by Gasteiger charge is 2.43. The van der Waals surface area contributed by atoms with E-state index in [9.17, 15) is 23.6 Å². The Morgan fingerprint density at radius 1 is 0.971 bits per heavy atom. The number of nitrogens with zero attached hydrogens (tertiary/aromatic N) is 5. The Kier molecular flexibility index (Phi) is 5.93.